The summed E-state index contributed by atoms with van der Waals surface area (Å²) < 4.78 is 0. The third-order valence-corrected chi connectivity index (χ3v) is 4.30. The predicted octanol–water partition coefficient (Wildman–Crippen LogP) is 3.43. The van der Waals surface area contributed by atoms with Crippen LogP contribution in [-0.2, 0) is 11.3 Å². The molecule has 1 aromatic heterocycles. The quantitative estimate of drug-likeness (QED) is 0.794. The van der Waals surface area contributed by atoms with Gasteiger partial charge in [0.25, 0.3) is 0 Å². The van der Waals surface area contributed by atoms with Crippen molar-refractivity contribution >= 4 is 6.41 Å². The van der Waals surface area contributed by atoms with Crippen LogP contribution in [-0.4, -0.2) is 27.3 Å². The summed E-state index contributed by atoms with van der Waals surface area (Å²) in [5.41, 5.74) is 2.12. The first-order valence-corrected chi connectivity index (χ1v) is 7.94. The summed E-state index contributed by atoms with van der Waals surface area (Å²) in [7, 11) is 0. The van der Waals surface area contributed by atoms with Crippen molar-refractivity contribution < 1.29 is 4.79 Å². The Kier molecular flexibility index (Phi) is 4.78. The Morgan fingerprint density at radius 2 is 1.86 bits per heavy atom. The molecule has 2 aromatic rings. The van der Waals surface area contributed by atoms with Gasteiger partial charge in [0.15, 0.2) is 5.82 Å². The van der Waals surface area contributed by atoms with E-state index in [4.69, 9.17) is 0 Å². The standard InChI is InChI=1S/C18H21N3O/c22-14-21(17-8-2-1-3-9-17)13-15-6-4-7-16(12-15)18-19-10-5-11-20-18/h4-7,10-12,14,17H,1-3,8-9,13H2. The van der Waals surface area contributed by atoms with E-state index in [-0.39, 0.29) is 0 Å². The molecule has 1 amide bonds. The highest BCUT2D eigenvalue weighted by Gasteiger charge is 2.19. The highest BCUT2D eigenvalue weighted by molar-refractivity contribution is 5.56. The summed E-state index contributed by atoms with van der Waals surface area (Å²) in [6.45, 7) is 0.662. The molecule has 1 aliphatic rings. The number of carbonyl (C=O) groups is 1. The van der Waals surface area contributed by atoms with Gasteiger partial charge in [0.1, 0.15) is 0 Å². The first-order valence-electron chi connectivity index (χ1n) is 7.94. The van der Waals surface area contributed by atoms with E-state index in [0.717, 1.165) is 36.2 Å². The molecule has 0 aliphatic heterocycles. The van der Waals surface area contributed by atoms with E-state index in [1.165, 1.54) is 19.3 Å². The second-order valence-corrected chi connectivity index (χ2v) is 5.84. The van der Waals surface area contributed by atoms with Crippen molar-refractivity contribution in [2.24, 2.45) is 0 Å². The molecule has 0 N–H and O–H groups in total. The lowest BCUT2D eigenvalue weighted by Crippen LogP contribution is -2.35. The minimum absolute atomic E-state index is 0.392. The second kappa shape index (κ2) is 7.16. The van der Waals surface area contributed by atoms with E-state index >= 15 is 0 Å². The maximum absolute atomic E-state index is 11.5. The van der Waals surface area contributed by atoms with Gasteiger partial charge in [0.2, 0.25) is 6.41 Å². The van der Waals surface area contributed by atoms with E-state index in [9.17, 15) is 4.79 Å². The fraction of sp³-hybridized carbons (Fsp3) is 0.389. The van der Waals surface area contributed by atoms with Gasteiger partial charge in [-0.2, -0.15) is 0 Å². The summed E-state index contributed by atoms with van der Waals surface area (Å²) in [6.07, 6.45) is 10.5. The molecule has 4 heteroatoms. The Bertz CT molecular complexity index is 609. The minimum atomic E-state index is 0.392. The number of rotatable bonds is 5. The summed E-state index contributed by atoms with van der Waals surface area (Å²) in [5, 5.41) is 0. The first-order chi connectivity index (χ1) is 10.9. The molecule has 1 heterocycles. The molecule has 0 radical (unpaired) electrons. The van der Waals surface area contributed by atoms with E-state index in [1.54, 1.807) is 12.4 Å². The molecule has 0 spiro atoms. The number of aromatic nitrogens is 2. The maximum Gasteiger partial charge on any atom is 0.210 e. The highest BCUT2D eigenvalue weighted by atomic mass is 16.1. The first kappa shape index (κ1) is 14.7. The SMILES string of the molecule is O=CN(Cc1cccc(-c2ncccn2)c1)C1CCCCC1. The van der Waals surface area contributed by atoms with Crippen LogP contribution in [0, 0.1) is 0 Å². The van der Waals surface area contributed by atoms with Gasteiger partial charge in [-0.25, -0.2) is 9.97 Å². The summed E-state index contributed by atoms with van der Waals surface area (Å²) >= 11 is 0. The van der Waals surface area contributed by atoms with Crippen LogP contribution in [0.3, 0.4) is 0 Å². The Morgan fingerprint density at radius 1 is 1.09 bits per heavy atom. The monoisotopic (exact) mass is 295 g/mol. The van der Waals surface area contributed by atoms with Gasteiger partial charge in [0, 0.05) is 30.5 Å². The van der Waals surface area contributed by atoms with Crippen LogP contribution in [0.1, 0.15) is 37.7 Å². The molecule has 0 bridgehead atoms. The Balaban J connectivity index is 1.75. The normalized spacial score (nSPS) is 15.5. The van der Waals surface area contributed by atoms with Crippen molar-refractivity contribution in [3.05, 3.63) is 48.3 Å². The van der Waals surface area contributed by atoms with Gasteiger partial charge in [-0.05, 0) is 30.5 Å². The van der Waals surface area contributed by atoms with Crippen LogP contribution < -0.4 is 0 Å². The van der Waals surface area contributed by atoms with Crippen molar-refractivity contribution in [3.8, 4) is 11.4 Å². The number of carbonyl (C=O) groups excluding carboxylic acids is 1. The van der Waals surface area contributed by atoms with E-state index in [2.05, 4.69) is 22.1 Å². The third kappa shape index (κ3) is 3.50. The lowest BCUT2D eigenvalue weighted by atomic mass is 9.94. The number of nitrogens with zero attached hydrogens (tertiary/aromatic N) is 3. The molecule has 1 saturated carbocycles. The molecular weight excluding hydrogens is 274 g/mol. The zero-order valence-electron chi connectivity index (χ0n) is 12.7. The molecule has 0 atom stereocenters. The van der Waals surface area contributed by atoms with Gasteiger partial charge in [-0.1, -0.05) is 37.5 Å². The molecule has 1 fully saturated rings. The molecular formula is C18H21N3O. The smallest absolute Gasteiger partial charge is 0.210 e. The van der Waals surface area contributed by atoms with Crippen LogP contribution >= 0.6 is 0 Å². The number of benzene rings is 1. The molecule has 1 aromatic carbocycles. The fourth-order valence-corrected chi connectivity index (χ4v) is 3.13. The van der Waals surface area contributed by atoms with Gasteiger partial charge in [-0.3, -0.25) is 4.79 Å². The Labute approximate surface area is 131 Å². The molecule has 3 rings (SSSR count). The zero-order valence-corrected chi connectivity index (χ0v) is 12.7. The summed E-state index contributed by atoms with van der Waals surface area (Å²) in [6, 6.07) is 10.4. The van der Waals surface area contributed by atoms with Crippen molar-refractivity contribution in [2.75, 3.05) is 0 Å². The van der Waals surface area contributed by atoms with Gasteiger partial charge < -0.3 is 4.90 Å². The summed E-state index contributed by atoms with van der Waals surface area (Å²) in [4.78, 5) is 22.0. The van der Waals surface area contributed by atoms with E-state index in [0.29, 0.717) is 12.6 Å². The number of hydrogen-bond acceptors (Lipinski definition) is 3. The Hall–Kier alpha value is -2.23. The van der Waals surface area contributed by atoms with Gasteiger partial charge in [-0.15, -0.1) is 0 Å². The number of hydrogen-bond donors (Lipinski definition) is 0. The molecule has 0 unspecified atom stereocenters. The van der Waals surface area contributed by atoms with Crippen molar-refractivity contribution in [1.29, 1.82) is 0 Å². The van der Waals surface area contributed by atoms with E-state index < -0.39 is 0 Å². The molecule has 22 heavy (non-hydrogen) atoms. The molecule has 1 aliphatic carbocycles. The van der Waals surface area contributed by atoms with Crippen molar-refractivity contribution in [3.63, 3.8) is 0 Å². The summed E-state index contributed by atoms with van der Waals surface area (Å²) in [5.74, 6) is 0.722. The van der Waals surface area contributed by atoms with E-state index in [1.807, 2.05) is 23.1 Å². The lowest BCUT2D eigenvalue weighted by Gasteiger charge is -2.31. The Morgan fingerprint density at radius 3 is 2.59 bits per heavy atom. The lowest BCUT2D eigenvalue weighted by molar-refractivity contribution is -0.121. The number of amides is 1. The highest BCUT2D eigenvalue weighted by Crippen LogP contribution is 2.24. The van der Waals surface area contributed by atoms with Crippen molar-refractivity contribution in [1.82, 2.24) is 14.9 Å². The van der Waals surface area contributed by atoms with Crippen LogP contribution in [0.4, 0.5) is 0 Å². The predicted molar refractivity (Wildman–Crippen MR) is 85.9 cm³/mol. The average Bonchev–Trinajstić information content (AvgIpc) is 2.61. The van der Waals surface area contributed by atoms with Crippen molar-refractivity contribution in [2.45, 2.75) is 44.7 Å². The minimum Gasteiger partial charge on any atom is -0.338 e. The van der Waals surface area contributed by atoms with Gasteiger partial charge >= 0.3 is 0 Å². The average molecular weight is 295 g/mol. The fourth-order valence-electron chi connectivity index (χ4n) is 3.13. The largest absolute Gasteiger partial charge is 0.338 e. The molecule has 0 saturated heterocycles. The van der Waals surface area contributed by atoms with Crippen LogP contribution in [0.5, 0.6) is 0 Å². The third-order valence-electron chi connectivity index (χ3n) is 4.30. The van der Waals surface area contributed by atoms with Crippen LogP contribution in [0.25, 0.3) is 11.4 Å². The maximum atomic E-state index is 11.5. The second-order valence-electron chi connectivity index (χ2n) is 5.84. The molecule has 4 nitrogen and oxygen atoms in total. The van der Waals surface area contributed by atoms with Crippen LogP contribution in [0.2, 0.25) is 0 Å². The van der Waals surface area contributed by atoms with Crippen LogP contribution in [0.15, 0.2) is 42.7 Å². The van der Waals surface area contributed by atoms with Gasteiger partial charge in [0.05, 0.1) is 0 Å². The molecule has 114 valence electrons. The zero-order chi connectivity index (χ0) is 15.2. The topological polar surface area (TPSA) is 46.1 Å².